The molecular formula is C15H23NO2S2. The molecule has 2 heterocycles. The van der Waals surface area contributed by atoms with Gasteiger partial charge in [-0.1, -0.05) is 18.9 Å². The summed E-state index contributed by atoms with van der Waals surface area (Å²) in [4.78, 5) is 1.37. The van der Waals surface area contributed by atoms with Crippen LogP contribution in [0.2, 0.25) is 0 Å². The predicted molar refractivity (Wildman–Crippen MR) is 83.8 cm³/mol. The van der Waals surface area contributed by atoms with E-state index in [1.807, 2.05) is 0 Å². The number of hydrogen-bond acceptors (Lipinski definition) is 4. The summed E-state index contributed by atoms with van der Waals surface area (Å²) in [6, 6.07) is 4.63. The van der Waals surface area contributed by atoms with E-state index in [4.69, 9.17) is 0 Å². The van der Waals surface area contributed by atoms with Gasteiger partial charge in [-0.15, -0.1) is 11.3 Å². The van der Waals surface area contributed by atoms with Gasteiger partial charge in [0, 0.05) is 17.5 Å². The van der Waals surface area contributed by atoms with Gasteiger partial charge in [0.25, 0.3) is 0 Å². The van der Waals surface area contributed by atoms with Crippen molar-refractivity contribution in [1.29, 1.82) is 0 Å². The minimum absolute atomic E-state index is 0.161. The van der Waals surface area contributed by atoms with E-state index in [0.29, 0.717) is 24.3 Å². The molecule has 2 unspecified atom stereocenters. The van der Waals surface area contributed by atoms with E-state index in [-0.39, 0.29) is 5.25 Å². The molecule has 0 spiro atoms. The summed E-state index contributed by atoms with van der Waals surface area (Å²) in [5, 5.41) is 5.55. The maximum Gasteiger partial charge on any atom is 0.154 e. The molecule has 3 nitrogen and oxygen atoms in total. The molecule has 112 valence electrons. The quantitative estimate of drug-likeness (QED) is 0.908. The minimum atomic E-state index is -2.83. The molecule has 1 aliphatic carbocycles. The maximum absolute atomic E-state index is 11.9. The van der Waals surface area contributed by atoms with Crippen LogP contribution in [0, 0.1) is 5.92 Å². The normalized spacial score (nSPS) is 27.9. The van der Waals surface area contributed by atoms with Gasteiger partial charge in [0.2, 0.25) is 0 Å². The highest BCUT2D eigenvalue weighted by molar-refractivity contribution is 7.92. The Hall–Kier alpha value is -0.390. The average molecular weight is 313 g/mol. The average Bonchev–Trinajstić information content (AvgIpc) is 3.13. The predicted octanol–water partition coefficient (Wildman–Crippen LogP) is 3.15. The lowest BCUT2D eigenvalue weighted by molar-refractivity contribution is 0.370. The minimum Gasteiger partial charge on any atom is -0.308 e. The summed E-state index contributed by atoms with van der Waals surface area (Å²) >= 11 is 1.79. The smallest absolute Gasteiger partial charge is 0.154 e. The first-order valence-corrected chi connectivity index (χ1v) is 10.2. The zero-order chi connectivity index (χ0) is 14.0. The summed E-state index contributed by atoms with van der Waals surface area (Å²) in [5.74, 6) is 1.06. The molecule has 2 aliphatic rings. The van der Waals surface area contributed by atoms with Gasteiger partial charge in [0.1, 0.15) is 0 Å². The van der Waals surface area contributed by atoms with Crippen LogP contribution >= 0.6 is 11.3 Å². The van der Waals surface area contributed by atoms with Crippen LogP contribution in [-0.4, -0.2) is 26.0 Å². The molecule has 1 saturated heterocycles. The topological polar surface area (TPSA) is 46.2 Å². The molecular weight excluding hydrogens is 290 g/mol. The first kappa shape index (κ1) is 14.5. The second-order valence-electron chi connectivity index (χ2n) is 6.08. The van der Waals surface area contributed by atoms with Crippen LogP contribution in [0.1, 0.15) is 49.4 Å². The molecule has 0 aromatic carbocycles. The van der Waals surface area contributed by atoms with Gasteiger partial charge >= 0.3 is 0 Å². The van der Waals surface area contributed by atoms with Crippen molar-refractivity contribution in [3.05, 3.63) is 22.4 Å². The summed E-state index contributed by atoms with van der Waals surface area (Å²) < 4.78 is 23.9. The zero-order valence-electron chi connectivity index (χ0n) is 11.8. The van der Waals surface area contributed by atoms with Gasteiger partial charge in [0.15, 0.2) is 9.84 Å². The number of thiophene rings is 1. The molecule has 1 aromatic rings. The van der Waals surface area contributed by atoms with Crippen LogP contribution in [0.3, 0.4) is 0 Å². The van der Waals surface area contributed by atoms with Gasteiger partial charge in [-0.2, -0.15) is 0 Å². The number of sulfone groups is 1. The fourth-order valence-corrected chi connectivity index (χ4v) is 6.28. The molecule has 1 aliphatic heterocycles. The van der Waals surface area contributed by atoms with Crippen molar-refractivity contribution >= 4 is 21.2 Å². The summed E-state index contributed by atoms with van der Waals surface area (Å²) in [7, 11) is -2.83. The monoisotopic (exact) mass is 313 g/mol. The largest absolute Gasteiger partial charge is 0.308 e. The van der Waals surface area contributed by atoms with E-state index in [2.05, 4.69) is 22.8 Å². The van der Waals surface area contributed by atoms with Gasteiger partial charge < -0.3 is 5.32 Å². The molecule has 3 rings (SSSR count). The molecule has 2 fully saturated rings. The van der Waals surface area contributed by atoms with Crippen molar-refractivity contribution in [3.8, 4) is 0 Å². The first-order valence-electron chi connectivity index (χ1n) is 7.65. The molecule has 0 radical (unpaired) electrons. The Morgan fingerprint density at radius 2 is 2.05 bits per heavy atom. The van der Waals surface area contributed by atoms with Crippen LogP contribution in [0.5, 0.6) is 0 Å². The van der Waals surface area contributed by atoms with E-state index < -0.39 is 9.84 Å². The third-order valence-corrected chi connectivity index (χ3v) is 7.98. The molecule has 2 atom stereocenters. The Kier molecular flexibility index (Phi) is 4.48. The maximum atomic E-state index is 11.9. The number of nitrogens with one attached hydrogen (secondary N) is 1. The molecule has 1 aromatic heterocycles. The molecule has 0 bridgehead atoms. The van der Waals surface area contributed by atoms with Crippen LogP contribution in [0.25, 0.3) is 0 Å². The fourth-order valence-electron chi connectivity index (χ4n) is 3.60. The zero-order valence-corrected chi connectivity index (χ0v) is 13.4. The summed E-state index contributed by atoms with van der Waals surface area (Å²) in [5.41, 5.74) is 0. The number of hydrogen-bond donors (Lipinski definition) is 1. The van der Waals surface area contributed by atoms with Crippen LogP contribution in [0.15, 0.2) is 17.5 Å². The van der Waals surface area contributed by atoms with Crippen molar-refractivity contribution in [2.45, 2.75) is 49.8 Å². The van der Waals surface area contributed by atoms with Gasteiger partial charge in [-0.3, -0.25) is 0 Å². The Morgan fingerprint density at radius 1 is 1.25 bits per heavy atom. The summed E-state index contributed by atoms with van der Waals surface area (Å²) in [6.45, 7) is 0.626. The first-order chi connectivity index (χ1) is 9.67. The van der Waals surface area contributed by atoms with Crippen molar-refractivity contribution in [1.82, 2.24) is 5.32 Å². The molecule has 1 saturated carbocycles. The Labute approximate surface area is 125 Å². The molecule has 0 amide bonds. The van der Waals surface area contributed by atoms with Crippen LogP contribution in [-0.2, 0) is 9.84 Å². The van der Waals surface area contributed by atoms with Crippen molar-refractivity contribution in [2.24, 2.45) is 5.92 Å². The second-order valence-corrected chi connectivity index (χ2v) is 9.46. The third-order valence-electron chi connectivity index (χ3n) is 4.75. The van der Waals surface area contributed by atoms with Gasteiger partial charge in [-0.25, -0.2) is 8.42 Å². The third kappa shape index (κ3) is 3.10. The van der Waals surface area contributed by atoms with E-state index in [1.54, 1.807) is 11.3 Å². The highest BCUT2D eigenvalue weighted by Crippen LogP contribution is 2.37. The molecule has 5 heteroatoms. The SMILES string of the molecule is O=S1(=O)CCCC1CNC(c1cccs1)C1CCCC1. The van der Waals surface area contributed by atoms with Crippen LogP contribution in [0.4, 0.5) is 0 Å². The van der Waals surface area contributed by atoms with E-state index >= 15 is 0 Å². The fraction of sp³-hybridized carbons (Fsp3) is 0.733. The highest BCUT2D eigenvalue weighted by Gasteiger charge is 2.33. The Balaban J connectivity index is 1.67. The summed E-state index contributed by atoms with van der Waals surface area (Å²) in [6.07, 6.45) is 6.84. The highest BCUT2D eigenvalue weighted by atomic mass is 32.2. The lowest BCUT2D eigenvalue weighted by Crippen LogP contribution is -2.35. The standard InChI is InChI=1S/C15H23NO2S2/c17-20(18)10-4-7-13(20)11-16-15(12-5-1-2-6-12)14-8-3-9-19-14/h3,8-9,12-13,15-16H,1-2,4-7,10-11H2. The van der Waals surface area contributed by atoms with E-state index in [9.17, 15) is 8.42 Å². The van der Waals surface area contributed by atoms with Crippen molar-refractivity contribution in [2.75, 3.05) is 12.3 Å². The Morgan fingerprint density at radius 3 is 2.65 bits per heavy atom. The lowest BCUT2D eigenvalue weighted by Gasteiger charge is -2.25. The second kappa shape index (κ2) is 6.16. The van der Waals surface area contributed by atoms with Gasteiger partial charge in [0.05, 0.1) is 11.0 Å². The van der Waals surface area contributed by atoms with Gasteiger partial charge in [-0.05, 0) is 43.0 Å². The molecule has 1 N–H and O–H groups in total. The molecule has 20 heavy (non-hydrogen) atoms. The lowest BCUT2D eigenvalue weighted by atomic mass is 9.96. The van der Waals surface area contributed by atoms with Crippen molar-refractivity contribution < 1.29 is 8.42 Å². The van der Waals surface area contributed by atoms with E-state index in [1.165, 1.54) is 30.6 Å². The number of rotatable bonds is 5. The Bertz CT molecular complexity index is 518. The van der Waals surface area contributed by atoms with E-state index in [0.717, 1.165) is 12.8 Å². The van der Waals surface area contributed by atoms with Crippen molar-refractivity contribution in [3.63, 3.8) is 0 Å². The van der Waals surface area contributed by atoms with Crippen LogP contribution < -0.4 is 5.32 Å².